The minimum atomic E-state index is 0.421. The molecule has 0 amide bonds. The third-order valence-corrected chi connectivity index (χ3v) is 7.00. The molecule has 3 aromatic rings. The van der Waals surface area contributed by atoms with Gasteiger partial charge < -0.3 is 20.3 Å². The molecule has 7 heteroatoms. The van der Waals surface area contributed by atoms with Crippen LogP contribution in [0.5, 0.6) is 5.75 Å². The predicted molar refractivity (Wildman–Crippen MR) is 145 cm³/mol. The number of rotatable bonds is 9. The Morgan fingerprint density at radius 3 is 2.59 bits per heavy atom. The topological polar surface area (TPSA) is 62.3 Å². The van der Waals surface area contributed by atoms with Crippen LogP contribution in [0, 0.1) is 12.8 Å². The van der Waals surface area contributed by atoms with Gasteiger partial charge in [-0.1, -0.05) is 28.1 Å². The largest absolute Gasteiger partial charge is 0.493 e. The number of nitrogens with zero attached hydrogens (tertiary/aromatic N) is 3. The molecule has 0 spiro atoms. The number of para-hydroxylation sites is 1. The van der Waals surface area contributed by atoms with Crippen LogP contribution in [0.3, 0.4) is 0 Å². The zero-order valence-electron chi connectivity index (χ0n) is 20.7. The van der Waals surface area contributed by atoms with Gasteiger partial charge in [-0.3, -0.25) is 0 Å². The molecular weight excluding hydrogens is 490 g/mol. The molecule has 0 aliphatic heterocycles. The Labute approximate surface area is 211 Å². The van der Waals surface area contributed by atoms with Gasteiger partial charge in [0.1, 0.15) is 11.6 Å². The van der Waals surface area contributed by atoms with Crippen molar-refractivity contribution >= 4 is 38.6 Å². The third-order valence-electron chi connectivity index (χ3n) is 6.54. The van der Waals surface area contributed by atoms with Crippen molar-refractivity contribution in [1.82, 2.24) is 15.3 Å². The quantitative estimate of drug-likeness (QED) is 0.361. The molecule has 0 radical (unpaired) electrons. The maximum Gasteiger partial charge on any atom is 0.225 e. The molecule has 6 nitrogen and oxygen atoms in total. The number of anilines is 2. The van der Waals surface area contributed by atoms with Gasteiger partial charge in [0.15, 0.2) is 0 Å². The molecule has 1 aliphatic carbocycles. The van der Waals surface area contributed by atoms with Crippen LogP contribution in [-0.2, 0) is 6.54 Å². The molecule has 1 heterocycles. The van der Waals surface area contributed by atoms with E-state index >= 15 is 0 Å². The number of nitrogens with one attached hydrogen (secondary N) is 2. The number of fused-ring (bicyclic) bond motifs is 1. The van der Waals surface area contributed by atoms with E-state index in [-0.39, 0.29) is 0 Å². The first-order chi connectivity index (χ1) is 16.4. The SMILES string of the molecule is CCOc1c(C)cc(Br)cc1CNCC1CCC(Nc2nc(N(C)C)c3ccccc3n2)CC1. The highest BCUT2D eigenvalue weighted by molar-refractivity contribution is 9.10. The molecule has 1 aliphatic rings. The van der Waals surface area contributed by atoms with Crippen LogP contribution in [0.1, 0.15) is 43.7 Å². The summed E-state index contributed by atoms with van der Waals surface area (Å²) in [4.78, 5) is 11.6. The number of ether oxygens (including phenoxy) is 1. The van der Waals surface area contributed by atoms with E-state index in [1.54, 1.807) is 0 Å². The fraction of sp³-hybridized carbons (Fsp3) is 0.481. The summed E-state index contributed by atoms with van der Waals surface area (Å²) >= 11 is 3.62. The second-order valence-electron chi connectivity index (χ2n) is 9.42. The first-order valence-electron chi connectivity index (χ1n) is 12.3. The Kier molecular flexibility index (Phi) is 8.27. The molecule has 1 saturated carbocycles. The summed E-state index contributed by atoms with van der Waals surface area (Å²) in [6.45, 7) is 6.68. The second-order valence-corrected chi connectivity index (χ2v) is 10.3. The van der Waals surface area contributed by atoms with Crippen molar-refractivity contribution in [1.29, 1.82) is 0 Å². The summed E-state index contributed by atoms with van der Waals surface area (Å²) in [5, 5.41) is 8.38. The fourth-order valence-corrected chi connectivity index (χ4v) is 5.47. The van der Waals surface area contributed by atoms with Gasteiger partial charge in [0.2, 0.25) is 5.95 Å². The standard InChI is InChI=1S/C27H36BrN5O/c1-5-34-25-18(2)14-21(28)15-20(25)17-29-16-19-10-12-22(13-11-19)30-27-31-24-9-7-6-8-23(24)26(32-27)33(3)4/h6-9,14-15,19,22,29H,5,10-13,16-17H2,1-4H3,(H,30,31,32). The van der Waals surface area contributed by atoms with Crippen molar-refractivity contribution in [2.24, 2.45) is 5.92 Å². The monoisotopic (exact) mass is 525 g/mol. The molecule has 0 unspecified atom stereocenters. The summed E-state index contributed by atoms with van der Waals surface area (Å²) in [5.41, 5.74) is 3.37. The molecule has 34 heavy (non-hydrogen) atoms. The van der Waals surface area contributed by atoms with Crippen molar-refractivity contribution in [3.05, 3.63) is 52.0 Å². The number of benzene rings is 2. The average Bonchev–Trinajstić information content (AvgIpc) is 2.81. The van der Waals surface area contributed by atoms with Crippen molar-refractivity contribution in [2.75, 3.05) is 37.5 Å². The van der Waals surface area contributed by atoms with Crippen molar-refractivity contribution < 1.29 is 4.74 Å². The molecule has 1 fully saturated rings. The van der Waals surface area contributed by atoms with Crippen LogP contribution < -0.4 is 20.3 Å². The molecule has 182 valence electrons. The first kappa shape index (κ1) is 24.7. The lowest BCUT2D eigenvalue weighted by Crippen LogP contribution is -2.31. The number of aromatic nitrogens is 2. The Balaban J connectivity index is 1.30. The highest BCUT2D eigenvalue weighted by atomic mass is 79.9. The molecule has 0 saturated heterocycles. The lowest BCUT2D eigenvalue weighted by molar-refractivity contribution is 0.318. The summed E-state index contributed by atoms with van der Waals surface area (Å²) < 4.78 is 7.00. The Hall–Kier alpha value is -2.38. The smallest absolute Gasteiger partial charge is 0.225 e. The highest BCUT2D eigenvalue weighted by Gasteiger charge is 2.22. The van der Waals surface area contributed by atoms with Gasteiger partial charge in [-0.25, -0.2) is 4.98 Å². The minimum Gasteiger partial charge on any atom is -0.493 e. The van der Waals surface area contributed by atoms with Crippen LogP contribution in [-0.4, -0.2) is 43.3 Å². The summed E-state index contributed by atoms with van der Waals surface area (Å²) in [7, 11) is 4.06. The fourth-order valence-electron chi connectivity index (χ4n) is 4.85. The summed E-state index contributed by atoms with van der Waals surface area (Å²) in [6, 6.07) is 12.9. The molecule has 2 aromatic carbocycles. The molecule has 4 rings (SSSR count). The van der Waals surface area contributed by atoms with E-state index in [0.29, 0.717) is 18.6 Å². The zero-order chi connectivity index (χ0) is 24.1. The number of halogens is 1. The summed E-state index contributed by atoms with van der Waals surface area (Å²) in [5.74, 6) is 3.40. The lowest BCUT2D eigenvalue weighted by Gasteiger charge is -2.29. The Morgan fingerprint density at radius 1 is 1.09 bits per heavy atom. The van der Waals surface area contributed by atoms with Crippen molar-refractivity contribution in [2.45, 2.75) is 52.1 Å². The van der Waals surface area contributed by atoms with E-state index in [1.165, 1.54) is 24.0 Å². The average molecular weight is 527 g/mol. The maximum atomic E-state index is 5.90. The number of hydrogen-bond donors (Lipinski definition) is 2. The molecule has 1 aromatic heterocycles. The molecule has 0 atom stereocenters. The van der Waals surface area contributed by atoms with Gasteiger partial charge in [-0.05, 0) is 81.8 Å². The normalized spacial score (nSPS) is 18.1. The van der Waals surface area contributed by atoms with E-state index < -0.39 is 0 Å². The van der Waals surface area contributed by atoms with Crippen LogP contribution in [0.2, 0.25) is 0 Å². The van der Waals surface area contributed by atoms with Crippen molar-refractivity contribution in [3.8, 4) is 5.75 Å². The van der Waals surface area contributed by atoms with E-state index in [1.807, 2.05) is 33.2 Å². The van der Waals surface area contributed by atoms with E-state index in [0.717, 1.165) is 58.8 Å². The number of aryl methyl sites for hydroxylation is 1. The van der Waals surface area contributed by atoms with Gasteiger partial charge >= 0.3 is 0 Å². The maximum absolute atomic E-state index is 5.90. The van der Waals surface area contributed by atoms with Crippen LogP contribution in [0.4, 0.5) is 11.8 Å². The first-order valence-corrected chi connectivity index (χ1v) is 13.1. The van der Waals surface area contributed by atoms with Crippen LogP contribution in [0.25, 0.3) is 10.9 Å². The van der Waals surface area contributed by atoms with Gasteiger partial charge in [-0.2, -0.15) is 4.98 Å². The zero-order valence-corrected chi connectivity index (χ0v) is 22.3. The van der Waals surface area contributed by atoms with Gasteiger partial charge in [0.05, 0.1) is 12.1 Å². The van der Waals surface area contributed by atoms with Gasteiger partial charge in [0, 0.05) is 42.1 Å². The van der Waals surface area contributed by atoms with E-state index in [4.69, 9.17) is 14.7 Å². The highest BCUT2D eigenvalue weighted by Crippen LogP contribution is 2.30. The van der Waals surface area contributed by atoms with Gasteiger partial charge in [-0.15, -0.1) is 0 Å². The Bertz CT molecular complexity index is 1110. The van der Waals surface area contributed by atoms with Gasteiger partial charge in [0.25, 0.3) is 0 Å². The summed E-state index contributed by atoms with van der Waals surface area (Å²) in [6.07, 6.45) is 4.68. The molecular formula is C27H36BrN5O. The van der Waals surface area contributed by atoms with Crippen LogP contribution >= 0.6 is 15.9 Å². The molecule has 2 N–H and O–H groups in total. The molecule has 0 bridgehead atoms. The van der Waals surface area contributed by atoms with E-state index in [2.05, 4.69) is 62.7 Å². The number of hydrogen-bond acceptors (Lipinski definition) is 6. The van der Waals surface area contributed by atoms with Crippen molar-refractivity contribution in [3.63, 3.8) is 0 Å². The predicted octanol–water partition coefficient (Wildman–Crippen LogP) is 5.93. The van der Waals surface area contributed by atoms with Crippen LogP contribution in [0.15, 0.2) is 40.9 Å². The minimum absolute atomic E-state index is 0.421. The van der Waals surface area contributed by atoms with E-state index in [9.17, 15) is 0 Å². The third kappa shape index (κ3) is 5.99. The Morgan fingerprint density at radius 2 is 1.85 bits per heavy atom. The lowest BCUT2D eigenvalue weighted by atomic mass is 9.86. The second kappa shape index (κ2) is 11.4.